The highest BCUT2D eigenvalue weighted by Crippen LogP contribution is 2.39. The van der Waals surface area contributed by atoms with Gasteiger partial charge in [-0.05, 0) is 53.7 Å². The number of carboxylic acid groups (broad SMARTS) is 2. The van der Waals surface area contributed by atoms with Crippen LogP contribution >= 0.6 is 23.4 Å². The minimum Gasteiger partial charge on any atom is -0.478 e. The summed E-state index contributed by atoms with van der Waals surface area (Å²) in [6.07, 6.45) is 1.38. The zero-order valence-electron chi connectivity index (χ0n) is 18.0. The maximum Gasteiger partial charge on any atom is 0.335 e. The van der Waals surface area contributed by atoms with E-state index in [1.165, 1.54) is 30.3 Å². The lowest BCUT2D eigenvalue weighted by molar-refractivity contribution is -0.123. The van der Waals surface area contributed by atoms with Gasteiger partial charge in [0.1, 0.15) is 11.5 Å². The molecule has 1 aromatic heterocycles. The summed E-state index contributed by atoms with van der Waals surface area (Å²) >= 11 is 7.00. The molecule has 0 radical (unpaired) electrons. The quantitative estimate of drug-likeness (QED) is 0.422. The van der Waals surface area contributed by atoms with Crippen molar-refractivity contribution in [1.29, 1.82) is 0 Å². The molecular formula is C24H14ClNO9S. The van der Waals surface area contributed by atoms with Crippen LogP contribution in [0.1, 0.15) is 32.0 Å². The van der Waals surface area contributed by atoms with Crippen LogP contribution in [0.4, 0.5) is 4.79 Å². The fourth-order valence-electron chi connectivity index (χ4n) is 3.62. The predicted molar refractivity (Wildman–Crippen MR) is 127 cm³/mol. The summed E-state index contributed by atoms with van der Waals surface area (Å²) in [4.78, 5) is 49.4. The van der Waals surface area contributed by atoms with Crippen LogP contribution in [-0.4, -0.2) is 45.0 Å². The third-order valence-electron chi connectivity index (χ3n) is 5.36. The van der Waals surface area contributed by atoms with Crippen molar-refractivity contribution in [3.05, 3.63) is 74.8 Å². The lowest BCUT2D eigenvalue weighted by Gasteiger charge is -2.14. The number of carboxylic acids is 2. The van der Waals surface area contributed by atoms with Gasteiger partial charge in [0.05, 0.1) is 22.6 Å². The molecule has 0 spiro atoms. The zero-order valence-corrected chi connectivity index (χ0v) is 19.6. The Hall–Kier alpha value is -4.22. The summed E-state index contributed by atoms with van der Waals surface area (Å²) in [6.45, 7) is -0.0103. The lowest BCUT2D eigenvalue weighted by Crippen LogP contribution is -2.27. The number of thioether (sulfide) groups is 1. The summed E-state index contributed by atoms with van der Waals surface area (Å²) < 4.78 is 16.3. The standard InChI is InChI=1S/C24H14ClNO9S/c25-16-8-19-18(33-10-34-19)6-14(16)9-26-21(27)20(36-24(26)32)7-15-1-2-17(35-15)11-3-12(22(28)29)5-13(4-11)23(30)31/h1-8H,9-10H2,(H,28,29)(H,30,31)/b20-7-. The normalized spacial score (nSPS) is 15.7. The van der Waals surface area contributed by atoms with E-state index in [1.807, 2.05) is 0 Å². The number of hydrogen-bond donors (Lipinski definition) is 2. The molecule has 5 rings (SSSR count). The number of imide groups is 1. The van der Waals surface area contributed by atoms with Crippen molar-refractivity contribution < 1.29 is 43.3 Å². The molecule has 0 aliphatic carbocycles. The number of amides is 2. The first kappa shape index (κ1) is 23.5. The van der Waals surface area contributed by atoms with Gasteiger partial charge in [0.2, 0.25) is 6.79 Å². The largest absolute Gasteiger partial charge is 0.478 e. The summed E-state index contributed by atoms with van der Waals surface area (Å²) in [5, 5.41) is 18.4. The Balaban J connectivity index is 1.39. The number of ether oxygens (including phenoxy) is 2. The number of rotatable bonds is 6. The number of fused-ring (bicyclic) bond motifs is 1. The molecule has 10 nitrogen and oxygen atoms in total. The maximum atomic E-state index is 12.9. The van der Waals surface area contributed by atoms with Crippen molar-refractivity contribution in [2.75, 3.05) is 6.79 Å². The van der Waals surface area contributed by atoms with E-state index in [1.54, 1.807) is 12.1 Å². The van der Waals surface area contributed by atoms with Crippen LogP contribution in [0.3, 0.4) is 0 Å². The molecule has 1 fully saturated rings. The molecule has 0 saturated carbocycles. The SMILES string of the molecule is O=C(O)c1cc(C(=O)O)cc(-c2ccc(/C=C3\SC(=O)N(Cc4cc5c(cc4Cl)OCO5)C3=O)o2)c1. The van der Waals surface area contributed by atoms with E-state index in [2.05, 4.69) is 0 Å². The number of carbonyl (C=O) groups excluding carboxylic acids is 2. The van der Waals surface area contributed by atoms with Crippen LogP contribution < -0.4 is 9.47 Å². The molecule has 2 aliphatic heterocycles. The number of aromatic carboxylic acids is 2. The molecule has 2 aromatic carbocycles. The molecule has 3 heterocycles. The average Bonchev–Trinajstić information content (AvgIpc) is 3.55. The van der Waals surface area contributed by atoms with E-state index in [9.17, 15) is 29.4 Å². The lowest BCUT2D eigenvalue weighted by atomic mass is 10.0. The van der Waals surface area contributed by atoms with Crippen LogP contribution in [0.25, 0.3) is 17.4 Å². The van der Waals surface area contributed by atoms with Gasteiger partial charge in [0, 0.05) is 22.7 Å². The Kier molecular flexibility index (Phi) is 5.94. The van der Waals surface area contributed by atoms with Crippen molar-refractivity contribution in [3.63, 3.8) is 0 Å². The van der Waals surface area contributed by atoms with Crippen LogP contribution in [-0.2, 0) is 11.3 Å². The number of furan rings is 1. The van der Waals surface area contributed by atoms with Crippen LogP contribution in [0.15, 0.2) is 51.8 Å². The fraction of sp³-hybridized carbons (Fsp3) is 0.0833. The van der Waals surface area contributed by atoms with E-state index in [0.29, 0.717) is 22.1 Å². The van der Waals surface area contributed by atoms with E-state index in [0.717, 1.165) is 22.7 Å². The minimum atomic E-state index is -1.29. The number of halogens is 1. The Bertz CT molecular complexity index is 1460. The first-order valence-corrected chi connectivity index (χ1v) is 11.4. The number of benzene rings is 2. The van der Waals surface area contributed by atoms with E-state index in [-0.39, 0.29) is 46.5 Å². The van der Waals surface area contributed by atoms with Crippen molar-refractivity contribution in [1.82, 2.24) is 4.90 Å². The molecule has 0 atom stereocenters. The van der Waals surface area contributed by atoms with Gasteiger partial charge in [0.25, 0.3) is 11.1 Å². The second-order valence-electron chi connectivity index (χ2n) is 7.68. The summed E-state index contributed by atoms with van der Waals surface area (Å²) in [5.41, 5.74) is 0.312. The monoisotopic (exact) mass is 527 g/mol. The van der Waals surface area contributed by atoms with Gasteiger partial charge in [-0.25, -0.2) is 9.59 Å². The fourth-order valence-corrected chi connectivity index (χ4v) is 4.65. The van der Waals surface area contributed by atoms with Gasteiger partial charge in [-0.3, -0.25) is 14.5 Å². The highest BCUT2D eigenvalue weighted by Gasteiger charge is 2.36. The van der Waals surface area contributed by atoms with Gasteiger partial charge >= 0.3 is 11.9 Å². The summed E-state index contributed by atoms with van der Waals surface area (Å²) in [7, 11) is 0. The van der Waals surface area contributed by atoms with Gasteiger partial charge in [-0.15, -0.1) is 0 Å². The van der Waals surface area contributed by atoms with Crippen LogP contribution in [0.2, 0.25) is 5.02 Å². The van der Waals surface area contributed by atoms with Crippen molar-refractivity contribution >= 4 is 52.5 Å². The third-order valence-corrected chi connectivity index (χ3v) is 6.61. The molecule has 0 unspecified atom stereocenters. The molecule has 3 aromatic rings. The Morgan fingerprint density at radius 2 is 1.67 bits per heavy atom. The first-order chi connectivity index (χ1) is 17.2. The predicted octanol–water partition coefficient (Wildman–Crippen LogP) is 4.96. The zero-order chi connectivity index (χ0) is 25.6. The van der Waals surface area contributed by atoms with Crippen molar-refractivity contribution in [3.8, 4) is 22.8 Å². The molecular weight excluding hydrogens is 514 g/mol. The van der Waals surface area contributed by atoms with Crippen LogP contribution in [0.5, 0.6) is 11.5 Å². The average molecular weight is 528 g/mol. The second-order valence-corrected chi connectivity index (χ2v) is 9.08. The molecule has 182 valence electrons. The third kappa shape index (κ3) is 4.41. The highest BCUT2D eigenvalue weighted by atomic mass is 35.5. The van der Waals surface area contributed by atoms with E-state index in [4.69, 9.17) is 25.5 Å². The Morgan fingerprint density at radius 3 is 2.33 bits per heavy atom. The van der Waals surface area contributed by atoms with Gasteiger partial charge in [0.15, 0.2) is 11.5 Å². The van der Waals surface area contributed by atoms with Gasteiger partial charge in [-0.2, -0.15) is 0 Å². The van der Waals surface area contributed by atoms with E-state index < -0.39 is 23.1 Å². The van der Waals surface area contributed by atoms with Gasteiger partial charge < -0.3 is 24.1 Å². The van der Waals surface area contributed by atoms with Crippen molar-refractivity contribution in [2.24, 2.45) is 0 Å². The molecule has 12 heteroatoms. The maximum absolute atomic E-state index is 12.9. The molecule has 2 amide bonds. The van der Waals surface area contributed by atoms with E-state index >= 15 is 0 Å². The van der Waals surface area contributed by atoms with Gasteiger partial charge in [-0.1, -0.05) is 11.6 Å². The molecule has 36 heavy (non-hydrogen) atoms. The summed E-state index contributed by atoms with van der Waals surface area (Å²) in [6, 6.07) is 9.81. The Labute approximate surface area is 211 Å². The topological polar surface area (TPSA) is 144 Å². The second kappa shape index (κ2) is 9.10. The minimum absolute atomic E-state index is 0.0583. The number of hydrogen-bond acceptors (Lipinski definition) is 8. The molecule has 1 saturated heterocycles. The Morgan fingerprint density at radius 1 is 1.00 bits per heavy atom. The van der Waals surface area contributed by atoms with Crippen molar-refractivity contribution in [2.45, 2.75) is 6.54 Å². The number of carbonyl (C=O) groups is 4. The van der Waals surface area contributed by atoms with Crippen LogP contribution in [0, 0.1) is 0 Å². The highest BCUT2D eigenvalue weighted by molar-refractivity contribution is 8.18. The summed E-state index contributed by atoms with van der Waals surface area (Å²) in [5.74, 6) is -1.76. The molecule has 2 aliphatic rings. The number of nitrogens with zero attached hydrogens (tertiary/aromatic N) is 1. The molecule has 2 N–H and O–H groups in total. The molecule has 0 bridgehead atoms. The smallest absolute Gasteiger partial charge is 0.335 e. The first-order valence-electron chi connectivity index (χ1n) is 10.2.